The van der Waals surface area contributed by atoms with Crippen LogP contribution >= 0.6 is 0 Å². The fourth-order valence-electron chi connectivity index (χ4n) is 2.43. The molecule has 1 fully saturated rings. The SMILES string of the molecule is Cn1nc(CNC(=O)c2cccn(C)c2=O)cc1C1CC1. The van der Waals surface area contributed by atoms with E-state index in [9.17, 15) is 9.59 Å². The second kappa shape index (κ2) is 5.20. The first kappa shape index (κ1) is 13.6. The summed E-state index contributed by atoms with van der Waals surface area (Å²) in [5, 5.41) is 7.15. The van der Waals surface area contributed by atoms with E-state index < -0.39 is 0 Å². The zero-order valence-electron chi connectivity index (χ0n) is 12.2. The maximum Gasteiger partial charge on any atom is 0.263 e. The maximum absolute atomic E-state index is 12.1. The molecular formula is C15H18N4O2. The van der Waals surface area contributed by atoms with Crippen molar-refractivity contribution in [3.8, 4) is 0 Å². The fraction of sp³-hybridized carbons (Fsp3) is 0.400. The van der Waals surface area contributed by atoms with E-state index in [0.29, 0.717) is 12.5 Å². The Labute approximate surface area is 122 Å². The third kappa shape index (κ3) is 2.74. The number of aromatic nitrogens is 3. The van der Waals surface area contributed by atoms with Crippen molar-refractivity contribution >= 4 is 5.91 Å². The highest BCUT2D eigenvalue weighted by Gasteiger charge is 2.27. The normalized spacial score (nSPS) is 14.2. The van der Waals surface area contributed by atoms with Crippen molar-refractivity contribution in [2.45, 2.75) is 25.3 Å². The third-order valence-electron chi connectivity index (χ3n) is 3.76. The van der Waals surface area contributed by atoms with Crippen molar-refractivity contribution in [1.82, 2.24) is 19.7 Å². The van der Waals surface area contributed by atoms with Crippen LogP contribution in [0.3, 0.4) is 0 Å². The summed E-state index contributed by atoms with van der Waals surface area (Å²) in [7, 11) is 3.55. The van der Waals surface area contributed by atoms with Gasteiger partial charge in [-0.25, -0.2) is 0 Å². The first-order valence-electron chi connectivity index (χ1n) is 7.03. The molecular weight excluding hydrogens is 268 g/mol. The van der Waals surface area contributed by atoms with Crippen LogP contribution in [-0.4, -0.2) is 20.3 Å². The molecule has 0 unspecified atom stereocenters. The summed E-state index contributed by atoms with van der Waals surface area (Å²) in [6, 6.07) is 5.25. The van der Waals surface area contributed by atoms with Gasteiger partial charge in [-0.1, -0.05) is 0 Å². The Morgan fingerprint density at radius 1 is 1.43 bits per heavy atom. The highest BCUT2D eigenvalue weighted by molar-refractivity contribution is 5.93. The van der Waals surface area contributed by atoms with Crippen LogP contribution in [0.2, 0.25) is 0 Å². The van der Waals surface area contributed by atoms with Crippen LogP contribution in [0.5, 0.6) is 0 Å². The maximum atomic E-state index is 12.1. The van der Waals surface area contributed by atoms with E-state index >= 15 is 0 Å². The molecule has 0 saturated heterocycles. The quantitative estimate of drug-likeness (QED) is 0.909. The smallest absolute Gasteiger partial charge is 0.263 e. The second-order valence-electron chi connectivity index (χ2n) is 5.48. The number of carbonyl (C=O) groups excluding carboxylic acids is 1. The number of nitrogens with one attached hydrogen (secondary N) is 1. The van der Waals surface area contributed by atoms with Gasteiger partial charge in [0, 0.05) is 31.9 Å². The van der Waals surface area contributed by atoms with E-state index in [-0.39, 0.29) is 17.0 Å². The highest BCUT2D eigenvalue weighted by atomic mass is 16.2. The summed E-state index contributed by atoms with van der Waals surface area (Å²) in [6.07, 6.45) is 4.05. The zero-order valence-corrected chi connectivity index (χ0v) is 12.2. The molecule has 6 nitrogen and oxygen atoms in total. The second-order valence-corrected chi connectivity index (χ2v) is 5.48. The number of aryl methyl sites for hydroxylation is 2. The molecule has 1 N–H and O–H groups in total. The van der Waals surface area contributed by atoms with Crippen molar-refractivity contribution in [2.75, 3.05) is 0 Å². The Bertz CT molecular complexity index is 740. The molecule has 1 aliphatic carbocycles. The summed E-state index contributed by atoms with van der Waals surface area (Å²) >= 11 is 0. The minimum absolute atomic E-state index is 0.151. The Morgan fingerprint density at radius 2 is 2.19 bits per heavy atom. The van der Waals surface area contributed by atoms with Crippen LogP contribution in [-0.2, 0) is 20.6 Å². The topological polar surface area (TPSA) is 68.9 Å². The molecule has 21 heavy (non-hydrogen) atoms. The molecule has 1 aliphatic rings. The zero-order chi connectivity index (χ0) is 15.0. The average Bonchev–Trinajstić information content (AvgIpc) is 3.23. The van der Waals surface area contributed by atoms with E-state index in [1.807, 2.05) is 17.8 Å². The summed E-state index contributed by atoms with van der Waals surface area (Å²) in [5.41, 5.74) is 1.89. The largest absolute Gasteiger partial charge is 0.346 e. The summed E-state index contributed by atoms with van der Waals surface area (Å²) < 4.78 is 3.27. The van der Waals surface area contributed by atoms with E-state index in [1.54, 1.807) is 19.3 Å². The van der Waals surface area contributed by atoms with Gasteiger partial charge in [-0.15, -0.1) is 0 Å². The minimum atomic E-state index is -0.366. The summed E-state index contributed by atoms with van der Waals surface area (Å²) in [6.45, 7) is 0.331. The summed E-state index contributed by atoms with van der Waals surface area (Å²) in [5.74, 6) is 0.253. The highest BCUT2D eigenvalue weighted by Crippen LogP contribution is 2.39. The number of hydrogen-bond donors (Lipinski definition) is 1. The van der Waals surface area contributed by atoms with Crippen LogP contribution in [0.1, 0.15) is 40.5 Å². The molecule has 0 bridgehead atoms. The first-order valence-corrected chi connectivity index (χ1v) is 7.03. The van der Waals surface area contributed by atoms with E-state index in [4.69, 9.17) is 0 Å². The van der Waals surface area contributed by atoms with Crippen molar-refractivity contribution in [3.63, 3.8) is 0 Å². The molecule has 0 spiro atoms. The molecule has 2 aromatic heterocycles. The lowest BCUT2D eigenvalue weighted by molar-refractivity contribution is 0.0948. The van der Waals surface area contributed by atoms with E-state index in [2.05, 4.69) is 10.4 Å². The van der Waals surface area contributed by atoms with Crippen molar-refractivity contribution in [2.24, 2.45) is 14.1 Å². The lowest BCUT2D eigenvalue weighted by Crippen LogP contribution is -2.31. The molecule has 1 saturated carbocycles. The van der Waals surface area contributed by atoms with Gasteiger partial charge in [0.1, 0.15) is 5.56 Å². The van der Waals surface area contributed by atoms with Crippen LogP contribution in [0.15, 0.2) is 29.2 Å². The van der Waals surface area contributed by atoms with Gasteiger partial charge in [0.2, 0.25) is 0 Å². The van der Waals surface area contributed by atoms with Gasteiger partial charge in [-0.05, 0) is 31.0 Å². The first-order chi connectivity index (χ1) is 10.1. The average molecular weight is 286 g/mol. The molecule has 3 rings (SSSR count). The van der Waals surface area contributed by atoms with Crippen LogP contribution in [0, 0.1) is 0 Å². The molecule has 110 valence electrons. The molecule has 0 radical (unpaired) electrons. The predicted molar refractivity (Wildman–Crippen MR) is 78.0 cm³/mol. The fourth-order valence-corrected chi connectivity index (χ4v) is 2.43. The number of hydrogen-bond acceptors (Lipinski definition) is 3. The Kier molecular flexibility index (Phi) is 3.37. The molecule has 6 heteroatoms. The van der Waals surface area contributed by atoms with Gasteiger partial charge in [0.25, 0.3) is 11.5 Å². The van der Waals surface area contributed by atoms with E-state index in [1.165, 1.54) is 29.2 Å². The van der Waals surface area contributed by atoms with Crippen LogP contribution < -0.4 is 10.9 Å². The van der Waals surface area contributed by atoms with Crippen LogP contribution in [0.4, 0.5) is 0 Å². The number of amides is 1. The Balaban J connectivity index is 1.69. The number of nitrogens with zero attached hydrogens (tertiary/aromatic N) is 3. The standard InChI is InChI=1S/C15H18N4O2/c1-18-7-3-4-12(15(18)21)14(20)16-9-11-8-13(10-5-6-10)19(2)17-11/h3-4,7-8,10H,5-6,9H2,1-2H3,(H,16,20). The molecule has 0 atom stereocenters. The van der Waals surface area contributed by atoms with Crippen molar-refractivity contribution < 1.29 is 4.79 Å². The Morgan fingerprint density at radius 3 is 2.90 bits per heavy atom. The third-order valence-corrected chi connectivity index (χ3v) is 3.76. The molecule has 0 aliphatic heterocycles. The predicted octanol–water partition coefficient (Wildman–Crippen LogP) is 0.926. The summed E-state index contributed by atoms with van der Waals surface area (Å²) in [4.78, 5) is 23.9. The number of carbonyl (C=O) groups is 1. The monoisotopic (exact) mass is 286 g/mol. The van der Waals surface area contributed by atoms with Gasteiger partial charge in [0.15, 0.2) is 0 Å². The lowest BCUT2D eigenvalue weighted by Gasteiger charge is -2.04. The Hall–Kier alpha value is -2.37. The van der Waals surface area contributed by atoms with Crippen LogP contribution in [0.25, 0.3) is 0 Å². The van der Waals surface area contributed by atoms with Gasteiger partial charge >= 0.3 is 0 Å². The van der Waals surface area contributed by atoms with Crippen molar-refractivity contribution in [1.29, 1.82) is 0 Å². The van der Waals surface area contributed by atoms with E-state index in [0.717, 1.165) is 5.69 Å². The minimum Gasteiger partial charge on any atom is -0.346 e. The molecule has 1 amide bonds. The van der Waals surface area contributed by atoms with Gasteiger partial charge < -0.3 is 9.88 Å². The molecule has 2 aromatic rings. The van der Waals surface area contributed by atoms with Gasteiger partial charge in [0.05, 0.1) is 12.2 Å². The molecule has 2 heterocycles. The van der Waals surface area contributed by atoms with Gasteiger partial charge in [-0.2, -0.15) is 5.10 Å². The number of pyridine rings is 1. The number of rotatable bonds is 4. The molecule has 0 aromatic carbocycles. The lowest BCUT2D eigenvalue weighted by atomic mass is 10.2. The van der Waals surface area contributed by atoms with Crippen molar-refractivity contribution in [3.05, 3.63) is 51.7 Å². The van der Waals surface area contributed by atoms with Gasteiger partial charge in [-0.3, -0.25) is 14.3 Å².